The molecule has 0 radical (unpaired) electrons. The molecule has 2 saturated carbocycles. The monoisotopic (exact) mass is 298 g/mol. The summed E-state index contributed by atoms with van der Waals surface area (Å²) in [7, 11) is 0. The average Bonchev–Trinajstić information content (AvgIpc) is 2.94. The summed E-state index contributed by atoms with van der Waals surface area (Å²) in [6, 6.07) is 0.725. The fraction of sp³-hybridized carbons (Fsp3) is 0.933. The zero-order valence-corrected chi connectivity index (χ0v) is 13.6. The largest absolute Gasteiger partial charge is 0.362 e. The van der Waals surface area contributed by atoms with Crippen LogP contribution in [0.1, 0.15) is 51.4 Å². The van der Waals surface area contributed by atoms with Crippen LogP contribution in [0, 0.1) is 5.92 Å². The molecule has 0 aromatic heterocycles. The van der Waals surface area contributed by atoms with Crippen LogP contribution in [0.15, 0.2) is 4.99 Å². The van der Waals surface area contributed by atoms with E-state index in [0.717, 1.165) is 18.5 Å². The molecule has 2 nitrogen and oxygen atoms in total. The summed E-state index contributed by atoms with van der Waals surface area (Å²) in [4.78, 5) is 4.95. The van der Waals surface area contributed by atoms with Crippen LogP contribution in [0.5, 0.6) is 0 Å². The van der Waals surface area contributed by atoms with Crippen LogP contribution >= 0.6 is 23.5 Å². The third kappa shape index (κ3) is 3.26. The van der Waals surface area contributed by atoms with E-state index in [9.17, 15) is 0 Å². The lowest BCUT2D eigenvalue weighted by Gasteiger charge is -2.37. The van der Waals surface area contributed by atoms with Gasteiger partial charge in [-0.3, -0.25) is 4.99 Å². The van der Waals surface area contributed by atoms with Gasteiger partial charge < -0.3 is 5.32 Å². The Bertz CT molecular complexity index is 337. The number of aliphatic imine (C=N–C) groups is 1. The number of hydrogen-bond acceptors (Lipinski definition) is 3. The summed E-state index contributed by atoms with van der Waals surface area (Å²) in [6.45, 7) is 1.03. The number of fused-ring (bicyclic) bond motifs is 1. The maximum absolute atomic E-state index is 4.95. The third-order valence-electron chi connectivity index (χ3n) is 5.11. The number of nitrogens with one attached hydrogen (secondary N) is 1. The highest BCUT2D eigenvalue weighted by Crippen LogP contribution is 2.40. The number of amidine groups is 1. The molecule has 3 rings (SSSR count). The van der Waals surface area contributed by atoms with Gasteiger partial charge in [0.2, 0.25) is 0 Å². The topological polar surface area (TPSA) is 24.4 Å². The molecule has 0 bridgehead atoms. The molecule has 19 heavy (non-hydrogen) atoms. The first-order valence-electron chi connectivity index (χ1n) is 7.80. The molecule has 0 aromatic rings. The van der Waals surface area contributed by atoms with E-state index < -0.39 is 0 Å². The van der Waals surface area contributed by atoms with E-state index >= 15 is 0 Å². The Labute approximate surface area is 126 Å². The van der Waals surface area contributed by atoms with E-state index in [0.29, 0.717) is 4.75 Å². The van der Waals surface area contributed by atoms with E-state index in [4.69, 9.17) is 4.99 Å². The van der Waals surface area contributed by atoms with E-state index in [1.54, 1.807) is 0 Å². The van der Waals surface area contributed by atoms with Crippen molar-refractivity contribution in [3.05, 3.63) is 0 Å². The normalized spacial score (nSPS) is 35.9. The van der Waals surface area contributed by atoms with Crippen LogP contribution in [-0.4, -0.2) is 34.5 Å². The van der Waals surface area contributed by atoms with Gasteiger partial charge in [0.15, 0.2) is 5.17 Å². The minimum atomic E-state index is 0.457. The summed E-state index contributed by atoms with van der Waals surface area (Å²) in [6.07, 6.45) is 13.4. The molecule has 108 valence electrons. The number of hydrogen-bond donors (Lipinski definition) is 1. The Morgan fingerprint density at radius 2 is 2.05 bits per heavy atom. The third-order valence-corrected chi connectivity index (χ3v) is 7.63. The molecule has 3 fully saturated rings. The van der Waals surface area contributed by atoms with Crippen molar-refractivity contribution < 1.29 is 0 Å². The van der Waals surface area contributed by atoms with Gasteiger partial charge in [-0.15, -0.1) is 0 Å². The van der Waals surface area contributed by atoms with E-state index in [2.05, 4.69) is 11.6 Å². The second kappa shape index (κ2) is 6.30. The highest BCUT2D eigenvalue weighted by Gasteiger charge is 2.34. The quantitative estimate of drug-likeness (QED) is 0.855. The van der Waals surface area contributed by atoms with Crippen LogP contribution in [0.3, 0.4) is 0 Å². The highest BCUT2D eigenvalue weighted by molar-refractivity contribution is 8.13. The summed E-state index contributed by atoms with van der Waals surface area (Å²) in [5.74, 6) is 2.20. The van der Waals surface area contributed by atoms with Gasteiger partial charge in [-0.2, -0.15) is 11.8 Å². The minimum Gasteiger partial charge on any atom is -0.362 e. The van der Waals surface area contributed by atoms with Crippen molar-refractivity contribution in [1.82, 2.24) is 5.32 Å². The first kappa shape index (κ1) is 14.1. The first-order valence-corrected chi connectivity index (χ1v) is 10.0. The van der Waals surface area contributed by atoms with Crippen LogP contribution in [0.2, 0.25) is 0 Å². The van der Waals surface area contributed by atoms with Gasteiger partial charge in [-0.25, -0.2) is 0 Å². The van der Waals surface area contributed by atoms with Gasteiger partial charge >= 0.3 is 0 Å². The zero-order chi connectivity index (χ0) is 13.1. The SMILES string of the molecule is CSC1(CN=C2NC3CCCCC3CS2)CCCC1. The Morgan fingerprint density at radius 3 is 2.84 bits per heavy atom. The molecule has 1 N–H and O–H groups in total. The van der Waals surface area contributed by atoms with Crippen molar-refractivity contribution in [2.45, 2.75) is 62.2 Å². The smallest absolute Gasteiger partial charge is 0.156 e. The molecule has 2 atom stereocenters. The molecular weight excluding hydrogens is 272 g/mol. The molecule has 1 aliphatic heterocycles. The van der Waals surface area contributed by atoms with Crippen molar-refractivity contribution in [1.29, 1.82) is 0 Å². The predicted octanol–water partition coefficient (Wildman–Crippen LogP) is 3.91. The molecule has 2 unspecified atom stereocenters. The summed E-state index contributed by atoms with van der Waals surface area (Å²) in [5.41, 5.74) is 0. The number of thioether (sulfide) groups is 2. The fourth-order valence-corrected chi connectivity index (χ4v) is 5.79. The van der Waals surface area contributed by atoms with Crippen molar-refractivity contribution in [3.63, 3.8) is 0 Å². The van der Waals surface area contributed by atoms with E-state index in [-0.39, 0.29) is 0 Å². The van der Waals surface area contributed by atoms with Crippen molar-refractivity contribution >= 4 is 28.7 Å². The molecule has 0 spiro atoms. The van der Waals surface area contributed by atoms with Crippen LogP contribution < -0.4 is 5.32 Å². The molecule has 1 saturated heterocycles. The van der Waals surface area contributed by atoms with Crippen LogP contribution in [0.4, 0.5) is 0 Å². The number of rotatable bonds is 3. The van der Waals surface area contributed by atoms with Crippen molar-refractivity contribution in [2.24, 2.45) is 10.9 Å². The van der Waals surface area contributed by atoms with Crippen LogP contribution in [-0.2, 0) is 0 Å². The van der Waals surface area contributed by atoms with Gasteiger partial charge in [0.1, 0.15) is 0 Å². The van der Waals surface area contributed by atoms with Gasteiger partial charge in [-0.1, -0.05) is 37.4 Å². The molecular formula is C15H26N2S2. The Morgan fingerprint density at radius 1 is 1.26 bits per heavy atom. The predicted molar refractivity (Wildman–Crippen MR) is 88.4 cm³/mol. The highest BCUT2D eigenvalue weighted by atomic mass is 32.2. The molecule has 2 aliphatic carbocycles. The zero-order valence-electron chi connectivity index (χ0n) is 12.0. The summed E-state index contributed by atoms with van der Waals surface area (Å²) < 4.78 is 0.457. The Kier molecular flexibility index (Phi) is 4.68. The lowest BCUT2D eigenvalue weighted by atomic mass is 9.86. The molecule has 4 heteroatoms. The van der Waals surface area contributed by atoms with Gasteiger partial charge in [0.25, 0.3) is 0 Å². The van der Waals surface area contributed by atoms with Crippen LogP contribution in [0.25, 0.3) is 0 Å². The Balaban J connectivity index is 1.58. The maximum atomic E-state index is 4.95. The van der Waals surface area contributed by atoms with Crippen molar-refractivity contribution in [2.75, 3.05) is 18.6 Å². The van der Waals surface area contributed by atoms with E-state index in [1.165, 1.54) is 62.3 Å². The standard InChI is InChI=1S/C15H26N2S2/c1-18-15(8-4-5-9-15)11-16-14-17-13-7-3-2-6-12(13)10-19-14/h12-13H,2-11H2,1H3,(H,16,17). The second-order valence-electron chi connectivity index (χ2n) is 6.32. The lowest BCUT2D eigenvalue weighted by Crippen LogP contribution is -2.46. The van der Waals surface area contributed by atoms with Gasteiger partial charge in [-0.05, 0) is 37.9 Å². The van der Waals surface area contributed by atoms with Gasteiger partial charge in [0.05, 0.1) is 6.54 Å². The molecule has 0 amide bonds. The average molecular weight is 299 g/mol. The molecule has 1 heterocycles. The summed E-state index contributed by atoms with van der Waals surface area (Å²) >= 11 is 4.02. The Hall–Kier alpha value is 0.170. The first-order chi connectivity index (χ1) is 9.31. The van der Waals surface area contributed by atoms with E-state index in [1.807, 2.05) is 23.5 Å². The molecule has 3 aliphatic rings. The minimum absolute atomic E-state index is 0.457. The molecule has 0 aromatic carbocycles. The second-order valence-corrected chi connectivity index (χ2v) is 8.60. The van der Waals surface area contributed by atoms with Gasteiger partial charge in [0, 0.05) is 16.5 Å². The fourth-order valence-electron chi connectivity index (χ4n) is 3.74. The maximum Gasteiger partial charge on any atom is 0.156 e. The lowest BCUT2D eigenvalue weighted by molar-refractivity contribution is 0.311. The van der Waals surface area contributed by atoms with Crippen molar-refractivity contribution in [3.8, 4) is 0 Å². The number of nitrogens with zero attached hydrogens (tertiary/aromatic N) is 1. The summed E-state index contributed by atoms with van der Waals surface area (Å²) in [5, 5.41) is 4.96.